The number of carbonyl (C=O) groups excluding carboxylic acids is 1. The highest BCUT2D eigenvalue weighted by molar-refractivity contribution is 5.79. The molecule has 0 bridgehead atoms. The van der Waals surface area contributed by atoms with Crippen LogP contribution in [0.1, 0.15) is 41.5 Å². The van der Waals surface area contributed by atoms with Crippen molar-refractivity contribution in [2.75, 3.05) is 7.05 Å². The van der Waals surface area contributed by atoms with E-state index in [1.807, 2.05) is 11.9 Å². The Morgan fingerprint density at radius 3 is 1.50 bits per heavy atom. The maximum absolute atomic E-state index is 12.1. The molecule has 1 amide bonds. The summed E-state index contributed by atoms with van der Waals surface area (Å²) in [5, 5.41) is 0. The fraction of sp³-hybridized carbons (Fsp3) is 0.917. The second-order valence-corrected chi connectivity index (χ2v) is 5.06. The fourth-order valence-electron chi connectivity index (χ4n) is 1.83. The summed E-state index contributed by atoms with van der Waals surface area (Å²) in [4.78, 5) is 13.9. The minimum absolute atomic E-state index is 0.155. The highest BCUT2D eigenvalue weighted by atomic mass is 16.2. The quantitative estimate of drug-likeness (QED) is 0.682. The van der Waals surface area contributed by atoms with E-state index in [-0.39, 0.29) is 11.8 Å². The molecule has 0 heterocycles. The topological polar surface area (TPSA) is 20.3 Å². The summed E-state index contributed by atoms with van der Waals surface area (Å²) in [7, 11) is 1.89. The predicted octanol–water partition coefficient (Wildman–Crippen LogP) is 2.78. The third kappa shape index (κ3) is 3.32. The molecule has 2 nitrogen and oxygen atoms in total. The van der Waals surface area contributed by atoms with Gasteiger partial charge in [0, 0.05) is 19.0 Å². The Balaban J connectivity index is 4.60. The van der Waals surface area contributed by atoms with Crippen LogP contribution in [-0.4, -0.2) is 23.9 Å². The minimum Gasteiger partial charge on any atom is -0.343 e. The molecule has 0 unspecified atom stereocenters. The van der Waals surface area contributed by atoms with Crippen molar-refractivity contribution < 1.29 is 4.79 Å². The van der Waals surface area contributed by atoms with Gasteiger partial charge >= 0.3 is 0 Å². The van der Waals surface area contributed by atoms with Crippen LogP contribution < -0.4 is 0 Å². The Bertz CT molecular complexity index is 177. The zero-order valence-electron chi connectivity index (χ0n) is 10.7. The van der Waals surface area contributed by atoms with Gasteiger partial charge in [-0.05, 0) is 25.7 Å². The van der Waals surface area contributed by atoms with Crippen molar-refractivity contribution >= 4 is 5.91 Å². The van der Waals surface area contributed by atoms with Gasteiger partial charge in [0.1, 0.15) is 0 Å². The van der Waals surface area contributed by atoms with Crippen molar-refractivity contribution in [3.63, 3.8) is 0 Å². The fourth-order valence-corrected chi connectivity index (χ4v) is 1.83. The standard InChI is InChI=1S/C12H25NO/c1-8(2)11(9(3)4)12(14)13(7)10(5)6/h8-11H,1-7H3. The predicted molar refractivity (Wildman–Crippen MR) is 61.1 cm³/mol. The number of amides is 1. The molecule has 0 aromatic heterocycles. The maximum Gasteiger partial charge on any atom is 0.226 e. The lowest BCUT2D eigenvalue weighted by molar-refractivity contribution is -0.138. The molecular weight excluding hydrogens is 174 g/mol. The van der Waals surface area contributed by atoms with E-state index in [1.165, 1.54) is 0 Å². The first kappa shape index (κ1) is 13.5. The molecule has 0 radical (unpaired) electrons. The molecule has 0 aliphatic rings. The van der Waals surface area contributed by atoms with Crippen molar-refractivity contribution in [3.05, 3.63) is 0 Å². The number of hydrogen-bond donors (Lipinski definition) is 0. The molecule has 0 aromatic carbocycles. The highest BCUT2D eigenvalue weighted by Gasteiger charge is 2.28. The third-order valence-electron chi connectivity index (χ3n) is 2.84. The van der Waals surface area contributed by atoms with Crippen LogP contribution in [0.5, 0.6) is 0 Å². The molecule has 0 rings (SSSR count). The van der Waals surface area contributed by atoms with Gasteiger partial charge in [-0.25, -0.2) is 0 Å². The van der Waals surface area contributed by atoms with Gasteiger partial charge in [-0.15, -0.1) is 0 Å². The first-order chi connectivity index (χ1) is 6.29. The molecule has 0 saturated carbocycles. The Morgan fingerprint density at radius 1 is 0.929 bits per heavy atom. The van der Waals surface area contributed by atoms with Crippen LogP contribution >= 0.6 is 0 Å². The summed E-state index contributed by atoms with van der Waals surface area (Å²) >= 11 is 0. The van der Waals surface area contributed by atoms with E-state index in [0.717, 1.165) is 0 Å². The Hall–Kier alpha value is -0.530. The average molecular weight is 199 g/mol. The summed E-state index contributed by atoms with van der Waals surface area (Å²) in [5.74, 6) is 1.28. The van der Waals surface area contributed by atoms with Crippen molar-refractivity contribution in [3.8, 4) is 0 Å². The molecule has 14 heavy (non-hydrogen) atoms. The molecule has 2 heteroatoms. The smallest absolute Gasteiger partial charge is 0.226 e. The van der Waals surface area contributed by atoms with Gasteiger partial charge in [0.05, 0.1) is 0 Å². The zero-order valence-corrected chi connectivity index (χ0v) is 10.7. The first-order valence-corrected chi connectivity index (χ1v) is 5.55. The van der Waals surface area contributed by atoms with Gasteiger partial charge in [0.25, 0.3) is 0 Å². The van der Waals surface area contributed by atoms with Crippen LogP contribution in [0.15, 0.2) is 0 Å². The lowest BCUT2D eigenvalue weighted by Crippen LogP contribution is -2.41. The minimum atomic E-state index is 0.155. The van der Waals surface area contributed by atoms with Gasteiger partial charge in [-0.2, -0.15) is 0 Å². The van der Waals surface area contributed by atoms with E-state index in [2.05, 4.69) is 41.5 Å². The average Bonchev–Trinajstić information content (AvgIpc) is 2.01. The van der Waals surface area contributed by atoms with Crippen LogP contribution in [0.4, 0.5) is 0 Å². The lowest BCUT2D eigenvalue weighted by Gasteiger charge is -2.31. The number of hydrogen-bond acceptors (Lipinski definition) is 1. The van der Waals surface area contributed by atoms with E-state index in [0.29, 0.717) is 17.9 Å². The molecular formula is C12H25NO. The van der Waals surface area contributed by atoms with E-state index < -0.39 is 0 Å². The van der Waals surface area contributed by atoms with Gasteiger partial charge in [0.2, 0.25) is 5.91 Å². The van der Waals surface area contributed by atoms with E-state index in [1.54, 1.807) is 0 Å². The van der Waals surface area contributed by atoms with Crippen LogP contribution in [-0.2, 0) is 4.79 Å². The summed E-state index contributed by atoms with van der Waals surface area (Å²) in [6.45, 7) is 12.6. The van der Waals surface area contributed by atoms with Crippen LogP contribution in [0.2, 0.25) is 0 Å². The molecule has 0 aliphatic heterocycles. The van der Waals surface area contributed by atoms with Gasteiger partial charge in [0.15, 0.2) is 0 Å². The van der Waals surface area contributed by atoms with E-state index in [4.69, 9.17) is 0 Å². The monoisotopic (exact) mass is 199 g/mol. The van der Waals surface area contributed by atoms with E-state index in [9.17, 15) is 4.79 Å². The van der Waals surface area contributed by atoms with Crippen molar-refractivity contribution in [2.45, 2.75) is 47.6 Å². The Morgan fingerprint density at radius 2 is 1.29 bits per heavy atom. The lowest BCUT2D eigenvalue weighted by atomic mass is 9.84. The molecule has 0 aromatic rings. The molecule has 0 N–H and O–H groups in total. The second kappa shape index (κ2) is 5.38. The van der Waals surface area contributed by atoms with Gasteiger partial charge in [-0.3, -0.25) is 4.79 Å². The van der Waals surface area contributed by atoms with Crippen molar-refractivity contribution in [2.24, 2.45) is 17.8 Å². The maximum atomic E-state index is 12.1. The molecule has 0 fully saturated rings. The SMILES string of the molecule is CC(C)C(C(=O)N(C)C(C)C)C(C)C. The van der Waals surface area contributed by atoms with Crippen molar-refractivity contribution in [1.82, 2.24) is 4.90 Å². The molecule has 0 atom stereocenters. The molecule has 0 spiro atoms. The third-order valence-corrected chi connectivity index (χ3v) is 2.84. The Kier molecular flexibility index (Phi) is 5.17. The summed E-state index contributed by atoms with van der Waals surface area (Å²) in [6, 6.07) is 0.294. The summed E-state index contributed by atoms with van der Waals surface area (Å²) in [6.07, 6.45) is 0. The number of rotatable bonds is 4. The van der Waals surface area contributed by atoms with Gasteiger partial charge < -0.3 is 4.90 Å². The normalized spacial score (nSPS) is 11.9. The van der Waals surface area contributed by atoms with Crippen LogP contribution in [0.3, 0.4) is 0 Å². The molecule has 84 valence electrons. The van der Waals surface area contributed by atoms with Gasteiger partial charge in [-0.1, -0.05) is 27.7 Å². The van der Waals surface area contributed by atoms with Crippen LogP contribution in [0, 0.1) is 17.8 Å². The summed E-state index contributed by atoms with van der Waals surface area (Å²) in [5.41, 5.74) is 0. The molecule has 0 aliphatic carbocycles. The number of carbonyl (C=O) groups is 1. The Labute approximate surface area is 88.7 Å². The largest absolute Gasteiger partial charge is 0.343 e. The zero-order chi connectivity index (χ0) is 11.5. The first-order valence-electron chi connectivity index (χ1n) is 5.55. The highest BCUT2D eigenvalue weighted by Crippen LogP contribution is 2.23. The summed E-state index contributed by atoms with van der Waals surface area (Å²) < 4.78 is 0. The second-order valence-electron chi connectivity index (χ2n) is 5.06. The number of nitrogens with zero attached hydrogens (tertiary/aromatic N) is 1. The van der Waals surface area contributed by atoms with Crippen molar-refractivity contribution in [1.29, 1.82) is 0 Å². The molecule has 0 saturated heterocycles. The van der Waals surface area contributed by atoms with E-state index >= 15 is 0 Å². The van der Waals surface area contributed by atoms with Crippen LogP contribution in [0.25, 0.3) is 0 Å².